The highest BCUT2D eigenvalue weighted by molar-refractivity contribution is 5.34. The molecule has 1 N–H and O–H groups in total. The van der Waals surface area contributed by atoms with Gasteiger partial charge in [-0.2, -0.15) is 0 Å². The van der Waals surface area contributed by atoms with E-state index < -0.39 is 0 Å². The van der Waals surface area contributed by atoms with Crippen molar-refractivity contribution in [1.29, 1.82) is 0 Å². The average Bonchev–Trinajstić information content (AvgIpc) is 2.89. The quantitative estimate of drug-likeness (QED) is 0.895. The molecule has 0 saturated carbocycles. The largest absolute Gasteiger partial charge is 0.316 e. The highest BCUT2D eigenvalue weighted by atomic mass is 15.1. The van der Waals surface area contributed by atoms with E-state index in [1.807, 2.05) is 7.05 Å². The van der Waals surface area contributed by atoms with Crippen molar-refractivity contribution in [3.63, 3.8) is 0 Å². The standard InChI is InChI=1S/C18H22N2/c1-19-12-16-7-8-17-13-20(14-18(17)11-16)10-9-15-5-3-2-4-6-15/h2-8,11,19H,9-10,12-14H2,1H3. The van der Waals surface area contributed by atoms with Gasteiger partial charge >= 0.3 is 0 Å². The molecule has 0 amide bonds. The number of hydrogen-bond donors (Lipinski definition) is 1. The van der Waals surface area contributed by atoms with Gasteiger partial charge in [0.25, 0.3) is 0 Å². The van der Waals surface area contributed by atoms with Crippen molar-refractivity contribution in [2.75, 3.05) is 13.6 Å². The molecule has 1 aliphatic heterocycles. The summed E-state index contributed by atoms with van der Waals surface area (Å²) in [6.45, 7) is 4.29. The third-order valence-electron chi connectivity index (χ3n) is 4.00. The van der Waals surface area contributed by atoms with E-state index in [9.17, 15) is 0 Å². The van der Waals surface area contributed by atoms with Gasteiger partial charge in [-0.3, -0.25) is 4.90 Å². The molecule has 0 unspecified atom stereocenters. The van der Waals surface area contributed by atoms with Crippen LogP contribution in [-0.2, 0) is 26.1 Å². The van der Waals surface area contributed by atoms with Crippen molar-refractivity contribution in [3.05, 3.63) is 70.8 Å². The van der Waals surface area contributed by atoms with Gasteiger partial charge in [0.2, 0.25) is 0 Å². The van der Waals surface area contributed by atoms with Gasteiger partial charge in [0.1, 0.15) is 0 Å². The zero-order chi connectivity index (χ0) is 13.8. The molecular weight excluding hydrogens is 244 g/mol. The second-order valence-electron chi connectivity index (χ2n) is 5.58. The van der Waals surface area contributed by atoms with Gasteiger partial charge in [0.15, 0.2) is 0 Å². The van der Waals surface area contributed by atoms with E-state index in [-0.39, 0.29) is 0 Å². The van der Waals surface area contributed by atoms with Crippen LogP contribution in [0.5, 0.6) is 0 Å². The highest BCUT2D eigenvalue weighted by Gasteiger charge is 2.18. The molecule has 1 heterocycles. The van der Waals surface area contributed by atoms with Gasteiger partial charge in [0, 0.05) is 26.2 Å². The summed E-state index contributed by atoms with van der Waals surface area (Å²) in [6.07, 6.45) is 1.14. The fourth-order valence-electron chi connectivity index (χ4n) is 2.92. The molecule has 0 bridgehead atoms. The number of nitrogens with zero attached hydrogens (tertiary/aromatic N) is 1. The predicted molar refractivity (Wildman–Crippen MR) is 83.5 cm³/mol. The van der Waals surface area contributed by atoms with Crippen molar-refractivity contribution in [2.45, 2.75) is 26.1 Å². The Morgan fingerprint density at radius 2 is 1.75 bits per heavy atom. The molecule has 1 aliphatic rings. The van der Waals surface area contributed by atoms with E-state index in [4.69, 9.17) is 0 Å². The first-order chi connectivity index (χ1) is 9.85. The number of rotatable bonds is 5. The maximum atomic E-state index is 3.22. The van der Waals surface area contributed by atoms with E-state index in [2.05, 4.69) is 58.7 Å². The maximum Gasteiger partial charge on any atom is 0.0240 e. The molecule has 2 aromatic rings. The highest BCUT2D eigenvalue weighted by Crippen LogP contribution is 2.24. The third kappa shape index (κ3) is 3.09. The van der Waals surface area contributed by atoms with Crippen molar-refractivity contribution >= 4 is 0 Å². The summed E-state index contributed by atoms with van der Waals surface area (Å²) in [7, 11) is 2.00. The fourth-order valence-corrected chi connectivity index (χ4v) is 2.92. The second kappa shape index (κ2) is 6.21. The Morgan fingerprint density at radius 1 is 0.950 bits per heavy atom. The minimum absolute atomic E-state index is 0.956. The van der Waals surface area contributed by atoms with Gasteiger partial charge in [-0.05, 0) is 35.7 Å². The number of hydrogen-bond acceptors (Lipinski definition) is 2. The first-order valence-electron chi connectivity index (χ1n) is 7.37. The smallest absolute Gasteiger partial charge is 0.0240 e. The van der Waals surface area contributed by atoms with Crippen molar-refractivity contribution in [3.8, 4) is 0 Å². The minimum Gasteiger partial charge on any atom is -0.316 e. The molecule has 0 atom stereocenters. The molecule has 0 saturated heterocycles. The normalized spacial score (nSPS) is 14.4. The second-order valence-corrected chi connectivity index (χ2v) is 5.58. The number of benzene rings is 2. The lowest BCUT2D eigenvalue weighted by atomic mass is 10.1. The molecular formula is C18H22N2. The van der Waals surface area contributed by atoms with Gasteiger partial charge in [-0.15, -0.1) is 0 Å². The molecule has 0 fully saturated rings. The topological polar surface area (TPSA) is 15.3 Å². The summed E-state index contributed by atoms with van der Waals surface area (Å²) in [5.41, 5.74) is 5.82. The molecule has 0 aromatic heterocycles. The SMILES string of the molecule is CNCc1ccc2c(c1)CN(CCc1ccccc1)C2. The molecule has 0 radical (unpaired) electrons. The Balaban J connectivity index is 1.59. The van der Waals surface area contributed by atoms with E-state index in [1.165, 1.54) is 22.3 Å². The van der Waals surface area contributed by atoms with Crippen LogP contribution in [0.4, 0.5) is 0 Å². The summed E-state index contributed by atoms with van der Waals surface area (Å²) in [4.78, 5) is 2.54. The zero-order valence-corrected chi connectivity index (χ0v) is 12.1. The molecule has 2 heteroatoms. The van der Waals surface area contributed by atoms with Gasteiger partial charge in [-0.25, -0.2) is 0 Å². The summed E-state index contributed by atoms with van der Waals surface area (Å²) < 4.78 is 0. The Bertz CT molecular complexity index is 563. The number of fused-ring (bicyclic) bond motifs is 1. The van der Waals surface area contributed by atoms with Gasteiger partial charge in [-0.1, -0.05) is 48.5 Å². The summed E-state index contributed by atoms with van der Waals surface area (Å²) in [5, 5.41) is 3.22. The first kappa shape index (κ1) is 13.3. The predicted octanol–water partition coefficient (Wildman–Crippen LogP) is 2.96. The molecule has 0 aliphatic carbocycles. The lowest BCUT2D eigenvalue weighted by molar-refractivity contribution is 0.288. The zero-order valence-electron chi connectivity index (χ0n) is 12.1. The van der Waals surface area contributed by atoms with Crippen LogP contribution in [0.1, 0.15) is 22.3 Å². The maximum absolute atomic E-state index is 3.22. The summed E-state index contributed by atoms with van der Waals surface area (Å²) in [5.74, 6) is 0. The van der Waals surface area contributed by atoms with Crippen LogP contribution < -0.4 is 5.32 Å². The van der Waals surface area contributed by atoms with E-state index in [1.54, 1.807) is 0 Å². The molecule has 104 valence electrons. The Morgan fingerprint density at radius 3 is 2.55 bits per heavy atom. The van der Waals surface area contributed by atoms with Crippen LogP contribution in [-0.4, -0.2) is 18.5 Å². The molecule has 3 rings (SSSR count). The van der Waals surface area contributed by atoms with Crippen LogP contribution >= 0.6 is 0 Å². The summed E-state index contributed by atoms with van der Waals surface area (Å²) in [6, 6.07) is 17.7. The van der Waals surface area contributed by atoms with Crippen LogP contribution in [0.25, 0.3) is 0 Å². The van der Waals surface area contributed by atoms with E-state index >= 15 is 0 Å². The monoisotopic (exact) mass is 266 g/mol. The minimum atomic E-state index is 0.956. The molecule has 2 aromatic carbocycles. The Labute approximate surface area is 121 Å². The van der Waals surface area contributed by atoms with Crippen LogP contribution in [0.15, 0.2) is 48.5 Å². The third-order valence-corrected chi connectivity index (χ3v) is 4.00. The summed E-state index contributed by atoms with van der Waals surface area (Å²) >= 11 is 0. The molecule has 2 nitrogen and oxygen atoms in total. The van der Waals surface area contributed by atoms with Crippen molar-refractivity contribution in [1.82, 2.24) is 10.2 Å². The Kier molecular flexibility index (Phi) is 4.14. The Hall–Kier alpha value is -1.64. The van der Waals surface area contributed by atoms with Gasteiger partial charge in [0.05, 0.1) is 0 Å². The van der Waals surface area contributed by atoms with Crippen molar-refractivity contribution < 1.29 is 0 Å². The van der Waals surface area contributed by atoms with Crippen LogP contribution in [0.3, 0.4) is 0 Å². The van der Waals surface area contributed by atoms with Crippen LogP contribution in [0, 0.1) is 0 Å². The number of nitrogens with one attached hydrogen (secondary N) is 1. The molecule has 20 heavy (non-hydrogen) atoms. The fraction of sp³-hybridized carbons (Fsp3) is 0.333. The van der Waals surface area contributed by atoms with Crippen LogP contribution in [0.2, 0.25) is 0 Å². The van der Waals surface area contributed by atoms with E-state index in [0.29, 0.717) is 0 Å². The van der Waals surface area contributed by atoms with E-state index in [0.717, 1.165) is 32.6 Å². The lowest BCUT2D eigenvalue weighted by Crippen LogP contribution is -2.19. The average molecular weight is 266 g/mol. The first-order valence-corrected chi connectivity index (χ1v) is 7.37. The van der Waals surface area contributed by atoms with Gasteiger partial charge < -0.3 is 5.32 Å². The lowest BCUT2D eigenvalue weighted by Gasteiger charge is -2.14. The van der Waals surface area contributed by atoms with Crippen molar-refractivity contribution in [2.24, 2.45) is 0 Å². The molecule has 0 spiro atoms.